The number of piperidine rings is 1. The molecular formula is C14H32IN5O2S. The van der Waals surface area contributed by atoms with E-state index < -0.39 is 10.0 Å². The average Bonchev–Trinajstić information content (AvgIpc) is 2.46. The molecule has 3 N–H and O–H groups in total. The van der Waals surface area contributed by atoms with Crippen LogP contribution in [0, 0.1) is 5.92 Å². The summed E-state index contributed by atoms with van der Waals surface area (Å²) in [7, 11) is -1.41. The Morgan fingerprint density at radius 3 is 2.35 bits per heavy atom. The van der Waals surface area contributed by atoms with E-state index in [-0.39, 0.29) is 24.0 Å². The first-order chi connectivity index (χ1) is 10.4. The van der Waals surface area contributed by atoms with Crippen molar-refractivity contribution < 1.29 is 8.42 Å². The van der Waals surface area contributed by atoms with Crippen LogP contribution in [0.1, 0.15) is 26.2 Å². The molecule has 0 aromatic heterocycles. The van der Waals surface area contributed by atoms with E-state index in [4.69, 9.17) is 0 Å². The van der Waals surface area contributed by atoms with Gasteiger partial charge in [0.2, 0.25) is 10.0 Å². The number of rotatable bonds is 8. The molecule has 0 aromatic carbocycles. The predicted octanol–water partition coefficient (Wildman–Crippen LogP) is 0.441. The van der Waals surface area contributed by atoms with Crippen LogP contribution in [0.5, 0.6) is 0 Å². The summed E-state index contributed by atoms with van der Waals surface area (Å²) < 4.78 is 24.3. The van der Waals surface area contributed by atoms with Crippen LogP contribution in [0.4, 0.5) is 0 Å². The summed E-state index contributed by atoms with van der Waals surface area (Å²) in [6.07, 6.45) is 4.85. The van der Waals surface area contributed by atoms with Crippen molar-refractivity contribution in [2.75, 3.05) is 52.6 Å². The Labute approximate surface area is 158 Å². The van der Waals surface area contributed by atoms with Crippen LogP contribution in [0.2, 0.25) is 0 Å². The number of aliphatic imine (C=N–C) groups is 1. The molecule has 0 spiro atoms. The molecule has 1 aliphatic rings. The fraction of sp³-hybridized carbons (Fsp3) is 0.929. The Morgan fingerprint density at radius 1 is 1.17 bits per heavy atom. The first-order valence-electron chi connectivity index (χ1n) is 8.02. The summed E-state index contributed by atoms with van der Waals surface area (Å²) >= 11 is 0. The first kappa shape index (κ1) is 22.9. The van der Waals surface area contributed by atoms with Gasteiger partial charge in [0.1, 0.15) is 0 Å². The summed E-state index contributed by atoms with van der Waals surface area (Å²) in [5.41, 5.74) is 0. The lowest BCUT2D eigenvalue weighted by atomic mass is 9.99. The molecule has 1 heterocycles. The van der Waals surface area contributed by atoms with E-state index >= 15 is 0 Å². The monoisotopic (exact) mass is 461 g/mol. The highest BCUT2D eigenvalue weighted by atomic mass is 127. The molecule has 1 aliphatic heterocycles. The van der Waals surface area contributed by atoms with Crippen LogP contribution in [-0.4, -0.2) is 71.8 Å². The maximum atomic E-state index is 10.9. The lowest BCUT2D eigenvalue weighted by Gasteiger charge is -2.30. The van der Waals surface area contributed by atoms with E-state index in [0.717, 1.165) is 31.7 Å². The maximum Gasteiger partial charge on any atom is 0.208 e. The minimum Gasteiger partial charge on any atom is -0.356 e. The summed E-state index contributed by atoms with van der Waals surface area (Å²) in [4.78, 5) is 6.64. The molecule has 23 heavy (non-hydrogen) atoms. The van der Waals surface area contributed by atoms with Crippen LogP contribution in [0.25, 0.3) is 0 Å². The Balaban J connectivity index is 0.00000484. The van der Waals surface area contributed by atoms with Gasteiger partial charge in [0.15, 0.2) is 5.96 Å². The Hall–Kier alpha value is -0.130. The fourth-order valence-electron chi connectivity index (χ4n) is 2.43. The van der Waals surface area contributed by atoms with Crippen molar-refractivity contribution in [3.63, 3.8) is 0 Å². The molecule has 0 aliphatic carbocycles. The molecule has 0 atom stereocenters. The summed E-state index contributed by atoms with van der Waals surface area (Å²) in [6, 6.07) is 0. The van der Waals surface area contributed by atoms with Gasteiger partial charge in [-0.25, -0.2) is 13.1 Å². The SMILES string of the molecule is CN=C(NCCCN1CCC(C)CC1)NCCNS(C)(=O)=O.I. The van der Waals surface area contributed by atoms with Crippen LogP contribution in [-0.2, 0) is 10.0 Å². The van der Waals surface area contributed by atoms with Crippen molar-refractivity contribution in [2.45, 2.75) is 26.2 Å². The zero-order valence-corrected chi connectivity index (χ0v) is 17.6. The van der Waals surface area contributed by atoms with Gasteiger partial charge < -0.3 is 15.5 Å². The molecular weight excluding hydrogens is 429 g/mol. The van der Waals surface area contributed by atoms with Gasteiger partial charge in [0, 0.05) is 26.7 Å². The number of hydrogen-bond donors (Lipinski definition) is 3. The van der Waals surface area contributed by atoms with Gasteiger partial charge in [-0.2, -0.15) is 0 Å². The lowest BCUT2D eigenvalue weighted by molar-refractivity contribution is 0.191. The second-order valence-electron chi connectivity index (χ2n) is 5.97. The zero-order valence-electron chi connectivity index (χ0n) is 14.5. The minimum atomic E-state index is -3.12. The van der Waals surface area contributed by atoms with E-state index in [1.807, 2.05) is 0 Å². The second kappa shape index (κ2) is 12.3. The number of halogens is 1. The summed E-state index contributed by atoms with van der Waals surface area (Å²) in [6.45, 7) is 7.60. The molecule has 138 valence electrons. The molecule has 0 aromatic rings. The molecule has 7 nitrogen and oxygen atoms in total. The van der Waals surface area contributed by atoms with Crippen LogP contribution in [0.3, 0.4) is 0 Å². The van der Waals surface area contributed by atoms with E-state index in [1.165, 1.54) is 25.9 Å². The quantitative estimate of drug-likeness (QED) is 0.212. The molecule has 1 fully saturated rings. The van der Waals surface area contributed by atoms with Crippen molar-refractivity contribution in [1.82, 2.24) is 20.3 Å². The second-order valence-corrected chi connectivity index (χ2v) is 7.80. The highest BCUT2D eigenvalue weighted by Gasteiger charge is 2.14. The molecule has 0 amide bonds. The van der Waals surface area contributed by atoms with Crippen molar-refractivity contribution >= 4 is 40.0 Å². The smallest absolute Gasteiger partial charge is 0.208 e. The molecule has 9 heteroatoms. The van der Waals surface area contributed by atoms with Gasteiger partial charge >= 0.3 is 0 Å². The molecule has 1 saturated heterocycles. The summed E-state index contributed by atoms with van der Waals surface area (Å²) in [5, 5.41) is 6.33. The van der Waals surface area contributed by atoms with Crippen molar-refractivity contribution in [1.29, 1.82) is 0 Å². The van der Waals surface area contributed by atoms with Crippen molar-refractivity contribution in [3.8, 4) is 0 Å². The highest BCUT2D eigenvalue weighted by molar-refractivity contribution is 14.0. The molecule has 0 saturated carbocycles. The normalized spacial score (nSPS) is 17.6. The number of nitrogens with one attached hydrogen (secondary N) is 3. The third kappa shape index (κ3) is 12.0. The maximum absolute atomic E-state index is 10.9. The zero-order chi connectivity index (χ0) is 16.4. The topological polar surface area (TPSA) is 85.8 Å². The van der Waals surface area contributed by atoms with E-state index in [9.17, 15) is 8.42 Å². The van der Waals surface area contributed by atoms with Gasteiger partial charge in [-0.15, -0.1) is 24.0 Å². The van der Waals surface area contributed by atoms with E-state index in [0.29, 0.717) is 19.0 Å². The van der Waals surface area contributed by atoms with Crippen LogP contribution >= 0.6 is 24.0 Å². The van der Waals surface area contributed by atoms with Gasteiger partial charge in [-0.1, -0.05) is 6.92 Å². The number of hydrogen-bond acceptors (Lipinski definition) is 4. The minimum absolute atomic E-state index is 0. The predicted molar refractivity (Wildman–Crippen MR) is 107 cm³/mol. The fourth-order valence-corrected chi connectivity index (χ4v) is 2.91. The Kier molecular flexibility index (Phi) is 12.2. The van der Waals surface area contributed by atoms with E-state index in [2.05, 4.69) is 32.2 Å². The Morgan fingerprint density at radius 2 is 1.78 bits per heavy atom. The van der Waals surface area contributed by atoms with Crippen molar-refractivity contribution in [3.05, 3.63) is 0 Å². The average molecular weight is 461 g/mol. The van der Waals surface area contributed by atoms with Crippen molar-refractivity contribution in [2.24, 2.45) is 10.9 Å². The third-order valence-electron chi connectivity index (χ3n) is 3.83. The van der Waals surface area contributed by atoms with Crippen LogP contribution < -0.4 is 15.4 Å². The lowest BCUT2D eigenvalue weighted by Crippen LogP contribution is -2.42. The van der Waals surface area contributed by atoms with Gasteiger partial charge in [0.25, 0.3) is 0 Å². The molecule has 1 rings (SSSR count). The summed E-state index contributed by atoms with van der Waals surface area (Å²) in [5.74, 6) is 1.58. The molecule has 0 bridgehead atoms. The number of sulfonamides is 1. The van der Waals surface area contributed by atoms with Crippen LogP contribution in [0.15, 0.2) is 4.99 Å². The van der Waals surface area contributed by atoms with E-state index in [1.54, 1.807) is 7.05 Å². The molecule has 0 radical (unpaired) electrons. The number of likely N-dealkylation sites (tertiary alicyclic amines) is 1. The van der Waals surface area contributed by atoms with Gasteiger partial charge in [0.05, 0.1) is 6.26 Å². The number of guanidine groups is 1. The molecule has 0 unspecified atom stereocenters. The third-order valence-corrected chi connectivity index (χ3v) is 4.55. The largest absolute Gasteiger partial charge is 0.356 e. The van der Waals surface area contributed by atoms with Gasteiger partial charge in [-0.3, -0.25) is 4.99 Å². The Bertz CT molecular complexity index is 436. The first-order valence-corrected chi connectivity index (χ1v) is 9.91. The number of nitrogens with zero attached hydrogens (tertiary/aromatic N) is 2. The van der Waals surface area contributed by atoms with Gasteiger partial charge in [-0.05, 0) is 44.8 Å². The standard InChI is InChI=1S/C14H31N5O2S.HI/c1-13-5-11-19(12-6-13)10-4-7-16-14(15-2)17-8-9-18-22(3,20)21;/h13,18H,4-12H2,1-3H3,(H2,15,16,17);1H. The highest BCUT2D eigenvalue weighted by Crippen LogP contribution is 2.15.